The SMILES string of the molecule is COC(=O)C[C@@H](N)Cc1ccc(S)cc1. The Morgan fingerprint density at radius 2 is 2.07 bits per heavy atom. The number of thiol groups is 1. The molecule has 15 heavy (non-hydrogen) atoms. The van der Waals surface area contributed by atoms with E-state index in [2.05, 4.69) is 17.4 Å². The van der Waals surface area contributed by atoms with Crippen molar-refractivity contribution in [3.8, 4) is 0 Å². The molecule has 0 amide bonds. The van der Waals surface area contributed by atoms with Gasteiger partial charge in [-0.15, -0.1) is 12.6 Å². The molecule has 4 heteroatoms. The summed E-state index contributed by atoms with van der Waals surface area (Å²) in [5.41, 5.74) is 6.90. The fourth-order valence-electron chi connectivity index (χ4n) is 1.30. The molecule has 0 saturated heterocycles. The first-order chi connectivity index (χ1) is 7.11. The zero-order valence-corrected chi connectivity index (χ0v) is 9.54. The second-order valence-electron chi connectivity index (χ2n) is 3.41. The number of ether oxygens (including phenoxy) is 1. The van der Waals surface area contributed by atoms with Gasteiger partial charge in [0, 0.05) is 10.9 Å². The summed E-state index contributed by atoms with van der Waals surface area (Å²) in [7, 11) is 1.37. The van der Waals surface area contributed by atoms with Crippen LogP contribution >= 0.6 is 12.6 Å². The molecule has 0 aliphatic rings. The molecule has 0 bridgehead atoms. The Morgan fingerprint density at radius 1 is 1.47 bits per heavy atom. The molecule has 0 saturated carbocycles. The largest absolute Gasteiger partial charge is 0.469 e. The van der Waals surface area contributed by atoms with Crippen molar-refractivity contribution in [1.29, 1.82) is 0 Å². The van der Waals surface area contributed by atoms with Gasteiger partial charge in [0.2, 0.25) is 0 Å². The number of carbonyl (C=O) groups is 1. The molecule has 82 valence electrons. The van der Waals surface area contributed by atoms with Crippen molar-refractivity contribution in [2.24, 2.45) is 5.73 Å². The standard InChI is InChI=1S/C11H15NO2S/c1-14-11(13)7-9(12)6-8-2-4-10(15)5-3-8/h2-5,9,15H,6-7,12H2,1H3/t9-/m0/s1. The van der Waals surface area contributed by atoms with E-state index < -0.39 is 0 Å². The van der Waals surface area contributed by atoms with Gasteiger partial charge in [-0.2, -0.15) is 0 Å². The molecule has 0 heterocycles. The highest BCUT2D eigenvalue weighted by Gasteiger charge is 2.09. The molecule has 0 fully saturated rings. The Bertz CT molecular complexity index is 324. The van der Waals surface area contributed by atoms with E-state index in [0.717, 1.165) is 10.5 Å². The van der Waals surface area contributed by atoms with Crippen molar-refractivity contribution in [3.63, 3.8) is 0 Å². The summed E-state index contributed by atoms with van der Waals surface area (Å²) in [5.74, 6) is -0.270. The molecular formula is C11H15NO2S. The van der Waals surface area contributed by atoms with Crippen molar-refractivity contribution in [2.45, 2.75) is 23.8 Å². The zero-order valence-electron chi connectivity index (χ0n) is 8.64. The number of rotatable bonds is 4. The van der Waals surface area contributed by atoms with Gasteiger partial charge >= 0.3 is 5.97 Å². The molecule has 0 aliphatic carbocycles. The molecule has 0 spiro atoms. The van der Waals surface area contributed by atoms with E-state index >= 15 is 0 Å². The van der Waals surface area contributed by atoms with Crippen LogP contribution in [0, 0.1) is 0 Å². The van der Waals surface area contributed by atoms with Crippen molar-refractivity contribution in [2.75, 3.05) is 7.11 Å². The van der Waals surface area contributed by atoms with Crippen LogP contribution in [0.2, 0.25) is 0 Å². The third-order valence-electron chi connectivity index (χ3n) is 2.09. The third-order valence-corrected chi connectivity index (χ3v) is 2.39. The van der Waals surface area contributed by atoms with Crippen molar-refractivity contribution < 1.29 is 9.53 Å². The smallest absolute Gasteiger partial charge is 0.307 e. The van der Waals surface area contributed by atoms with Crippen LogP contribution in [0.1, 0.15) is 12.0 Å². The first-order valence-corrected chi connectivity index (χ1v) is 5.17. The monoisotopic (exact) mass is 225 g/mol. The van der Waals surface area contributed by atoms with Gasteiger partial charge in [-0.1, -0.05) is 12.1 Å². The van der Waals surface area contributed by atoms with Gasteiger partial charge < -0.3 is 10.5 Å². The summed E-state index contributed by atoms with van der Waals surface area (Å²) in [6.07, 6.45) is 0.919. The Labute approximate surface area is 95.0 Å². The van der Waals surface area contributed by atoms with Gasteiger partial charge in [-0.25, -0.2) is 0 Å². The van der Waals surface area contributed by atoms with Gasteiger partial charge in [0.1, 0.15) is 0 Å². The van der Waals surface area contributed by atoms with Gasteiger partial charge in [0.05, 0.1) is 13.5 Å². The molecular weight excluding hydrogens is 210 g/mol. The number of benzene rings is 1. The lowest BCUT2D eigenvalue weighted by Gasteiger charge is -2.10. The average molecular weight is 225 g/mol. The molecule has 1 aromatic rings. The Morgan fingerprint density at radius 3 is 2.60 bits per heavy atom. The molecule has 3 nitrogen and oxygen atoms in total. The summed E-state index contributed by atoms with van der Waals surface area (Å²) in [6, 6.07) is 7.54. The van der Waals surface area contributed by atoms with Crippen LogP contribution in [0.15, 0.2) is 29.2 Å². The molecule has 2 N–H and O–H groups in total. The van der Waals surface area contributed by atoms with Gasteiger partial charge in [0.15, 0.2) is 0 Å². The lowest BCUT2D eigenvalue weighted by atomic mass is 10.0. The van der Waals surface area contributed by atoms with Gasteiger partial charge in [-0.05, 0) is 24.1 Å². The summed E-state index contributed by atoms with van der Waals surface area (Å²) in [6.45, 7) is 0. The van der Waals surface area contributed by atoms with Crippen LogP contribution in [0.25, 0.3) is 0 Å². The second kappa shape index (κ2) is 5.78. The first-order valence-electron chi connectivity index (χ1n) is 4.72. The normalized spacial score (nSPS) is 12.2. The molecule has 0 aliphatic heterocycles. The third kappa shape index (κ3) is 4.36. The van der Waals surface area contributed by atoms with Crippen LogP contribution < -0.4 is 5.73 Å². The van der Waals surface area contributed by atoms with E-state index in [-0.39, 0.29) is 18.4 Å². The summed E-state index contributed by atoms with van der Waals surface area (Å²) in [5, 5.41) is 0. The van der Waals surface area contributed by atoms with Crippen LogP contribution in [0.5, 0.6) is 0 Å². The number of hydrogen-bond donors (Lipinski definition) is 2. The van der Waals surface area contributed by atoms with Crippen LogP contribution in [-0.4, -0.2) is 19.1 Å². The topological polar surface area (TPSA) is 52.3 Å². The summed E-state index contributed by atoms with van der Waals surface area (Å²) in [4.78, 5) is 11.9. The summed E-state index contributed by atoms with van der Waals surface area (Å²) >= 11 is 4.19. The van der Waals surface area contributed by atoms with Crippen LogP contribution in [0.3, 0.4) is 0 Å². The first kappa shape index (κ1) is 12.1. The van der Waals surface area contributed by atoms with E-state index in [1.165, 1.54) is 7.11 Å². The summed E-state index contributed by atoms with van der Waals surface area (Å²) < 4.78 is 4.55. The minimum absolute atomic E-state index is 0.191. The lowest BCUT2D eigenvalue weighted by Crippen LogP contribution is -2.26. The second-order valence-corrected chi connectivity index (χ2v) is 3.93. The van der Waals surface area contributed by atoms with Crippen molar-refractivity contribution in [3.05, 3.63) is 29.8 Å². The predicted molar refractivity (Wildman–Crippen MR) is 62.0 cm³/mol. The van der Waals surface area contributed by atoms with E-state index in [4.69, 9.17) is 5.73 Å². The highest BCUT2D eigenvalue weighted by Crippen LogP contribution is 2.10. The van der Waals surface area contributed by atoms with Crippen LogP contribution in [-0.2, 0) is 16.0 Å². The van der Waals surface area contributed by atoms with Crippen molar-refractivity contribution in [1.82, 2.24) is 0 Å². The molecule has 0 radical (unpaired) electrons. The predicted octanol–water partition coefficient (Wildman–Crippen LogP) is 1.41. The molecule has 1 rings (SSSR count). The molecule has 0 unspecified atom stereocenters. The van der Waals surface area contributed by atoms with Gasteiger partial charge in [0.25, 0.3) is 0 Å². The van der Waals surface area contributed by atoms with E-state index in [9.17, 15) is 4.79 Å². The van der Waals surface area contributed by atoms with Crippen LogP contribution in [0.4, 0.5) is 0 Å². The average Bonchev–Trinajstić information content (AvgIpc) is 2.21. The Kier molecular flexibility index (Phi) is 4.65. The van der Waals surface area contributed by atoms with Crippen molar-refractivity contribution >= 4 is 18.6 Å². The highest BCUT2D eigenvalue weighted by atomic mass is 32.1. The Balaban J connectivity index is 2.47. The van der Waals surface area contributed by atoms with E-state index in [0.29, 0.717) is 6.42 Å². The minimum atomic E-state index is -0.270. The fraction of sp³-hybridized carbons (Fsp3) is 0.364. The number of hydrogen-bond acceptors (Lipinski definition) is 4. The number of esters is 1. The number of methoxy groups -OCH3 is 1. The maximum Gasteiger partial charge on any atom is 0.307 e. The van der Waals surface area contributed by atoms with E-state index in [1.807, 2.05) is 24.3 Å². The highest BCUT2D eigenvalue weighted by molar-refractivity contribution is 7.80. The number of nitrogens with two attached hydrogens (primary N) is 1. The maximum atomic E-state index is 11.0. The maximum absolute atomic E-state index is 11.0. The molecule has 1 aromatic carbocycles. The lowest BCUT2D eigenvalue weighted by molar-refractivity contribution is -0.140. The Hall–Kier alpha value is -1.00. The van der Waals surface area contributed by atoms with Gasteiger partial charge in [-0.3, -0.25) is 4.79 Å². The minimum Gasteiger partial charge on any atom is -0.469 e. The quantitative estimate of drug-likeness (QED) is 0.601. The fourth-order valence-corrected chi connectivity index (χ4v) is 1.45. The van der Waals surface area contributed by atoms with E-state index in [1.54, 1.807) is 0 Å². The molecule has 1 atom stereocenters. The number of carbonyl (C=O) groups excluding carboxylic acids is 1. The zero-order chi connectivity index (χ0) is 11.3. The molecule has 0 aromatic heterocycles.